The van der Waals surface area contributed by atoms with Gasteiger partial charge in [-0.25, -0.2) is 0 Å². The van der Waals surface area contributed by atoms with Gasteiger partial charge in [0.15, 0.2) is 0 Å². The van der Waals surface area contributed by atoms with Crippen LogP contribution in [0.2, 0.25) is 5.02 Å². The Morgan fingerprint density at radius 2 is 2.26 bits per heavy atom. The highest BCUT2D eigenvalue weighted by molar-refractivity contribution is 6.31. The van der Waals surface area contributed by atoms with E-state index in [1.807, 2.05) is 19.0 Å². The summed E-state index contributed by atoms with van der Waals surface area (Å²) in [4.78, 5) is 2.03. The number of nitrogens with one attached hydrogen (secondary N) is 1. The molecule has 2 heterocycles. The summed E-state index contributed by atoms with van der Waals surface area (Å²) in [6.07, 6.45) is 2.06. The van der Waals surface area contributed by atoms with Crippen molar-refractivity contribution >= 4 is 17.4 Å². The molecule has 0 saturated carbocycles. The third kappa shape index (κ3) is 2.89. The smallest absolute Gasteiger partial charge is 0.127 e. The number of aromatic amines is 1. The second-order valence-electron chi connectivity index (χ2n) is 4.55. The summed E-state index contributed by atoms with van der Waals surface area (Å²) in [6, 6.07) is 0. The third-order valence-electron chi connectivity index (χ3n) is 2.85. The van der Waals surface area contributed by atoms with Crippen LogP contribution in [0.3, 0.4) is 0 Å². The summed E-state index contributed by atoms with van der Waals surface area (Å²) in [7, 11) is 3.94. The van der Waals surface area contributed by atoms with E-state index in [9.17, 15) is 5.11 Å². The first kappa shape index (κ1) is 13.9. The van der Waals surface area contributed by atoms with Gasteiger partial charge in [-0.2, -0.15) is 10.2 Å². The lowest BCUT2D eigenvalue weighted by Gasteiger charge is -2.15. The Balaban J connectivity index is 2.28. The number of nitrogen functional groups attached to an aromatic ring is 1. The van der Waals surface area contributed by atoms with E-state index in [1.54, 1.807) is 4.68 Å². The number of H-pyrrole nitrogens is 1. The van der Waals surface area contributed by atoms with Gasteiger partial charge in [0.2, 0.25) is 0 Å². The van der Waals surface area contributed by atoms with Gasteiger partial charge in [0.05, 0.1) is 29.7 Å². The standard InChI is InChI=1S/C11H17ClN6O/c1-17(2)3-4-18-9(8(12)6-15-18)10(19)7-5-14-16-11(7)13/h5-6,10,19H,3-4H2,1-2H3,(H3,13,14,16). The Morgan fingerprint density at radius 3 is 2.84 bits per heavy atom. The largest absolute Gasteiger partial charge is 0.384 e. The van der Waals surface area contributed by atoms with Crippen LogP contribution in [0.5, 0.6) is 0 Å². The molecule has 0 saturated heterocycles. The Labute approximate surface area is 116 Å². The lowest BCUT2D eigenvalue weighted by Crippen LogP contribution is -2.21. The fourth-order valence-corrected chi connectivity index (χ4v) is 2.03. The SMILES string of the molecule is CN(C)CCn1ncc(Cl)c1C(O)c1cn[nH]c1N. The molecular formula is C11H17ClN6O. The van der Waals surface area contributed by atoms with Crippen LogP contribution in [0, 0.1) is 0 Å². The molecule has 0 spiro atoms. The van der Waals surface area contributed by atoms with Crippen molar-refractivity contribution in [1.82, 2.24) is 24.9 Å². The molecule has 104 valence electrons. The van der Waals surface area contributed by atoms with Crippen LogP contribution in [0.1, 0.15) is 17.4 Å². The third-order valence-corrected chi connectivity index (χ3v) is 3.14. The van der Waals surface area contributed by atoms with E-state index >= 15 is 0 Å². The zero-order valence-corrected chi connectivity index (χ0v) is 11.6. The number of hydrogen-bond acceptors (Lipinski definition) is 5. The number of halogens is 1. The van der Waals surface area contributed by atoms with Crippen LogP contribution < -0.4 is 5.73 Å². The monoisotopic (exact) mass is 284 g/mol. The predicted octanol–water partition coefficient (Wildman–Crippen LogP) is 0.485. The lowest BCUT2D eigenvalue weighted by molar-refractivity contribution is 0.206. The maximum atomic E-state index is 10.4. The summed E-state index contributed by atoms with van der Waals surface area (Å²) < 4.78 is 1.68. The molecule has 0 aromatic carbocycles. The molecule has 1 atom stereocenters. The van der Waals surface area contributed by atoms with Crippen LogP contribution in [0.4, 0.5) is 5.82 Å². The normalized spacial score (nSPS) is 13.1. The minimum absolute atomic E-state index is 0.323. The van der Waals surface area contributed by atoms with Crippen molar-refractivity contribution in [1.29, 1.82) is 0 Å². The molecule has 0 aliphatic carbocycles. The van der Waals surface area contributed by atoms with E-state index in [2.05, 4.69) is 15.3 Å². The second-order valence-corrected chi connectivity index (χ2v) is 4.95. The molecule has 0 amide bonds. The highest BCUT2D eigenvalue weighted by Gasteiger charge is 2.22. The Bertz CT molecular complexity index is 549. The van der Waals surface area contributed by atoms with Crippen molar-refractivity contribution in [3.63, 3.8) is 0 Å². The molecule has 2 aromatic rings. The summed E-state index contributed by atoms with van der Waals surface area (Å²) in [6.45, 7) is 1.42. The van der Waals surface area contributed by atoms with Crippen molar-refractivity contribution in [3.8, 4) is 0 Å². The summed E-state index contributed by atoms with van der Waals surface area (Å²) in [5, 5.41) is 21.3. The van der Waals surface area contributed by atoms with Gasteiger partial charge in [0, 0.05) is 12.1 Å². The average Bonchev–Trinajstić information content (AvgIpc) is 2.92. The van der Waals surface area contributed by atoms with Gasteiger partial charge in [0.1, 0.15) is 11.9 Å². The predicted molar refractivity (Wildman–Crippen MR) is 72.9 cm³/mol. The van der Waals surface area contributed by atoms with E-state index in [1.165, 1.54) is 12.4 Å². The van der Waals surface area contributed by atoms with E-state index < -0.39 is 6.10 Å². The van der Waals surface area contributed by atoms with Gasteiger partial charge in [-0.1, -0.05) is 11.6 Å². The first-order valence-corrected chi connectivity index (χ1v) is 6.21. The molecule has 7 nitrogen and oxygen atoms in total. The minimum atomic E-state index is -0.948. The zero-order chi connectivity index (χ0) is 14.0. The highest BCUT2D eigenvalue weighted by atomic mass is 35.5. The zero-order valence-electron chi connectivity index (χ0n) is 10.8. The molecule has 0 aliphatic heterocycles. The maximum absolute atomic E-state index is 10.4. The highest BCUT2D eigenvalue weighted by Crippen LogP contribution is 2.30. The number of hydrogen-bond donors (Lipinski definition) is 3. The molecular weight excluding hydrogens is 268 g/mol. The molecule has 1 unspecified atom stereocenters. The molecule has 0 fully saturated rings. The van der Waals surface area contributed by atoms with Crippen LogP contribution in [0.15, 0.2) is 12.4 Å². The van der Waals surface area contributed by atoms with Gasteiger partial charge in [-0.05, 0) is 14.1 Å². The summed E-state index contributed by atoms with van der Waals surface area (Å²) in [5.41, 5.74) is 6.73. The second kappa shape index (κ2) is 5.60. The Morgan fingerprint density at radius 1 is 1.53 bits per heavy atom. The van der Waals surface area contributed by atoms with E-state index in [4.69, 9.17) is 17.3 Å². The molecule has 2 rings (SSSR count). The van der Waals surface area contributed by atoms with Crippen LogP contribution in [-0.2, 0) is 6.54 Å². The van der Waals surface area contributed by atoms with Crippen molar-refractivity contribution in [3.05, 3.63) is 28.7 Å². The van der Waals surface area contributed by atoms with Gasteiger partial charge < -0.3 is 15.7 Å². The summed E-state index contributed by atoms with van der Waals surface area (Å²) >= 11 is 6.10. The topological polar surface area (TPSA) is 96.0 Å². The Hall–Kier alpha value is -1.57. The fourth-order valence-electron chi connectivity index (χ4n) is 1.79. The van der Waals surface area contributed by atoms with Crippen molar-refractivity contribution in [2.45, 2.75) is 12.6 Å². The molecule has 0 aliphatic rings. The van der Waals surface area contributed by atoms with Gasteiger partial charge in [0.25, 0.3) is 0 Å². The van der Waals surface area contributed by atoms with Crippen molar-refractivity contribution in [2.75, 3.05) is 26.4 Å². The Kier molecular flexibility index (Phi) is 4.08. The number of nitrogens with zero attached hydrogens (tertiary/aromatic N) is 4. The first-order chi connectivity index (χ1) is 9.00. The van der Waals surface area contributed by atoms with Crippen LogP contribution in [0.25, 0.3) is 0 Å². The van der Waals surface area contributed by atoms with E-state index in [-0.39, 0.29) is 0 Å². The lowest BCUT2D eigenvalue weighted by atomic mass is 10.1. The molecule has 2 aromatic heterocycles. The number of nitrogens with two attached hydrogens (primary N) is 1. The van der Waals surface area contributed by atoms with Crippen LogP contribution in [-0.4, -0.2) is 50.6 Å². The fraction of sp³-hybridized carbons (Fsp3) is 0.455. The minimum Gasteiger partial charge on any atom is -0.384 e. The van der Waals surface area contributed by atoms with Crippen molar-refractivity contribution < 1.29 is 5.11 Å². The molecule has 19 heavy (non-hydrogen) atoms. The number of aromatic nitrogens is 4. The summed E-state index contributed by atoms with van der Waals surface area (Å²) in [5.74, 6) is 0.323. The molecule has 4 N–H and O–H groups in total. The number of likely N-dealkylation sites (N-methyl/N-ethyl adjacent to an activating group) is 1. The first-order valence-electron chi connectivity index (χ1n) is 5.83. The number of rotatable bonds is 5. The van der Waals surface area contributed by atoms with Gasteiger partial charge in [-0.15, -0.1) is 0 Å². The molecule has 8 heteroatoms. The quantitative estimate of drug-likeness (QED) is 0.742. The van der Waals surface area contributed by atoms with Crippen LogP contribution >= 0.6 is 11.6 Å². The molecule has 0 radical (unpaired) electrons. The van der Waals surface area contributed by atoms with E-state index in [0.29, 0.717) is 28.6 Å². The maximum Gasteiger partial charge on any atom is 0.127 e. The molecule has 0 bridgehead atoms. The number of anilines is 1. The van der Waals surface area contributed by atoms with Gasteiger partial charge >= 0.3 is 0 Å². The van der Waals surface area contributed by atoms with Gasteiger partial charge in [-0.3, -0.25) is 9.78 Å². The van der Waals surface area contributed by atoms with Crippen molar-refractivity contribution in [2.24, 2.45) is 0 Å². The number of aliphatic hydroxyl groups excluding tert-OH is 1. The van der Waals surface area contributed by atoms with E-state index in [0.717, 1.165) is 6.54 Å². The average molecular weight is 285 g/mol. The number of aliphatic hydroxyl groups is 1.